The Morgan fingerprint density at radius 3 is 2.72 bits per heavy atom. The molecule has 1 N–H and O–H groups in total. The molecule has 2 aliphatic rings. The molecule has 1 aliphatic heterocycles. The van der Waals surface area contributed by atoms with Crippen LogP contribution in [0, 0.1) is 11.8 Å². The van der Waals surface area contributed by atoms with E-state index in [4.69, 9.17) is 11.6 Å². The van der Waals surface area contributed by atoms with Crippen LogP contribution in [-0.4, -0.2) is 53.0 Å². The first-order valence-electron chi connectivity index (χ1n) is 9.43. The molecule has 1 aromatic rings. The second-order valence-corrected chi connectivity index (χ2v) is 8.31. The van der Waals surface area contributed by atoms with E-state index >= 15 is 0 Å². The second kappa shape index (κ2) is 7.96. The number of amides is 1. The molecular weight excluding hydrogens is 336 g/mol. The minimum Gasteiger partial charge on any atom is -0.506 e. The van der Waals surface area contributed by atoms with Gasteiger partial charge in [0.05, 0.1) is 11.4 Å². The largest absolute Gasteiger partial charge is 0.506 e. The molecule has 0 unspecified atom stereocenters. The maximum Gasteiger partial charge on any atom is 0.227 e. The van der Waals surface area contributed by atoms with Crippen molar-refractivity contribution < 1.29 is 9.90 Å². The number of carbonyl (C=O) groups is 1. The molecule has 1 aromatic carbocycles. The minimum atomic E-state index is 0.0585. The van der Waals surface area contributed by atoms with Crippen LogP contribution in [0.3, 0.4) is 0 Å². The van der Waals surface area contributed by atoms with Crippen molar-refractivity contribution in [1.82, 2.24) is 9.80 Å². The number of carbonyl (C=O) groups excluding carboxylic acids is 1. The Balaban J connectivity index is 1.65. The number of phenols is 1. The maximum absolute atomic E-state index is 12.8. The first kappa shape index (κ1) is 18.5. The third-order valence-corrected chi connectivity index (χ3v) is 5.73. The van der Waals surface area contributed by atoms with Gasteiger partial charge < -0.3 is 10.0 Å². The normalized spacial score (nSPS) is 22.2. The summed E-state index contributed by atoms with van der Waals surface area (Å²) in [7, 11) is 0. The van der Waals surface area contributed by atoms with E-state index in [2.05, 4.69) is 18.7 Å². The topological polar surface area (TPSA) is 43.8 Å². The summed E-state index contributed by atoms with van der Waals surface area (Å²) in [6, 6.07) is 5.46. The Hall–Kier alpha value is -1.26. The molecule has 0 aromatic heterocycles. The Morgan fingerprint density at radius 2 is 2.08 bits per heavy atom. The van der Waals surface area contributed by atoms with Gasteiger partial charge in [0.25, 0.3) is 0 Å². The van der Waals surface area contributed by atoms with Crippen LogP contribution in [0.2, 0.25) is 5.02 Å². The zero-order chi connectivity index (χ0) is 18.0. The molecule has 0 radical (unpaired) electrons. The average Bonchev–Trinajstić information content (AvgIpc) is 3.38. The lowest BCUT2D eigenvalue weighted by atomic mass is 10.0. The predicted octanol–water partition coefficient (Wildman–Crippen LogP) is 3.56. The van der Waals surface area contributed by atoms with Crippen molar-refractivity contribution in [2.75, 3.05) is 26.2 Å². The third kappa shape index (κ3) is 4.89. The van der Waals surface area contributed by atoms with Crippen LogP contribution in [0.15, 0.2) is 18.2 Å². The van der Waals surface area contributed by atoms with Crippen LogP contribution in [0.4, 0.5) is 0 Å². The number of hydrogen-bond donors (Lipinski definition) is 1. The number of benzene rings is 1. The van der Waals surface area contributed by atoms with Gasteiger partial charge in [0.1, 0.15) is 5.75 Å². The van der Waals surface area contributed by atoms with Gasteiger partial charge in [-0.1, -0.05) is 31.5 Å². The maximum atomic E-state index is 12.8. The van der Waals surface area contributed by atoms with Gasteiger partial charge in [-0.2, -0.15) is 0 Å². The lowest BCUT2D eigenvalue weighted by molar-refractivity contribution is -0.131. The highest BCUT2D eigenvalue weighted by Crippen LogP contribution is 2.32. The molecule has 0 spiro atoms. The highest BCUT2D eigenvalue weighted by molar-refractivity contribution is 6.32. The van der Waals surface area contributed by atoms with Gasteiger partial charge in [0, 0.05) is 32.2 Å². The molecule has 2 fully saturated rings. The standard InChI is InChI=1S/C20H29ClN2O2/c1-14(2)18-13-23(9-3-8-22(18)12-15-4-5-15)20(25)11-16-6-7-19(24)17(21)10-16/h6-7,10,14-15,18,24H,3-5,8-9,11-13H2,1-2H3/t18-/m1/s1. The monoisotopic (exact) mass is 364 g/mol. The fraction of sp³-hybridized carbons (Fsp3) is 0.650. The Bertz CT molecular complexity index is 616. The van der Waals surface area contributed by atoms with Gasteiger partial charge in [0.2, 0.25) is 5.91 Å². The van der Waals surface area contributed by atoms with Crippen LogP contribution < -0.4 is 0 Å². The number of aromatic hydroxyl groups is 1. The van der Waals surface area contributed by atoms with Gasteiger partial charge in [-0.15, -0.1) is 0 Å². The number of halogens is 1. The Kier molecular flexibility index (Phi) is 5.90. The predicted molar refractivity (Wildman–Crippen MR) is 101 cm³/mol. The van der Waals surface area contributed by atoms with Crippen molar-refractivity contribution in [3.63, 3.8) is 0 Å². The number of rotatable bonds is 5. The second-order valence-electron chi connectivity index (χ2n) is 7.91. The summed E-state index contributed by atoms with van der Waals surface area (Å²) in [4.78, 5) is 17.5. The van der Waals surface area contributed by atoms with Crippen LogP contribution in [0.1, 0.15) is 38.7 Å². The van der Waals surface area contributed by atoms with Crippen LogP contribution in [0.5, 0.6) is 5.75 Å². The molecule has 1 heterocycles. The number of phenolic OH excluding ortho intramolecular Hbond substituents is 1. The Labute approximate surface area is 155 Å². The van der Waals surface area contributed by atoms with Crippen molar-refractivity contribution in [3.05, 3.63) is 28.8 Å². The molecule has 1 saturated heterocycles. The first-order valence-corrected chi connectivity index (χ1v) is 9.81. The van der Waals surface area contributed by atoms with Gasteiger partial charge in [-0.3, -0.25) is 9.69 Å². The molecule has 1 atom stereocenters. The van der Waals surface area contributed by atoms with E-state index in [1.54, 1.807) is 18.2 Å². The van der Waals surface area contributed by atoms with Gasteiger partial charge >= 0.3 is 0 Å². The lowest BCUT2D eigenvalue weighted by Crippen LogP contribution is -2.46. The van der Waals surface area contributed by atoms with Crippen molar-refractivity contribution in [2.45, 2.75) is 45.6 Å². The summed E-state index contributed by atoms with van der Waals surface area (Å²) < 4.78 is 0. The molecule has 1 amide bonds. The summed E-state index contributed by atoms with van der Waals surface area (Å²) >= 11 is 5.97. The third-order valence-electron chi connectivity index (χ3n) is 5.43. The van der Waals surface area contributed by atoms with E-state index in [-0.39, 0.29) is 11.7 Å². The SMILES string of the molecule is CC(C)[C@H]1CN(C(=O)Cc2ccc(O)c(Cl)c2)CCCN1CC1CC1. The van der Waals surface area contributed by atoms with Crippen molar-refractivity contribution >= 4 is 17.5 Å². The van der Waals surface area contributed by atoms with Gasteiger partial charge in [-0.05, 0) is 48.8 Å². The van der Waals surface area contributed by atoms with E-state index in [1.165, 1.54) is 19.4 Å². The first-order chi connectivity index (χ1) is 11.9. The quantitative estimate of drug-likeness (QED) is 0.868. The molecule has 25 heavy (non-hydrogen) atoms. The minimum absolute atomic E-state index is 0.0585. The van der Waals surface area contributed by atoms with Crippen LogP contribution in [-0.2, 0) is 11.2 Å². The van der Waals surface area contributed by atoms with E-state index in [9.17, 15) is 9.90 Å². The smallest absolute Gasteiger partial charge is 0.227 e. The zero-order valence-corrected chi connectivity index (χ0v) is 16.0. The highest BCUT2D eigenvalue weighted by Gasteiger charge is 2.33. The molecular formula is C20H29ClN2O2. The summed E-state index contributed by atoms with van der Waals surface area (Å²) in [5, 5.41) is 9.84. The molecule has 3 rings (SSSR count). The molecule has 4 nitrogen and oxygen atoms in total. The van der Waals surface area contributed by atoms with Crippen molar-refractivity contribution in [3.8, 4) is 5.75 Å². The number of hydrogen-bond acceptors (Lipinski definition) is 3. The Morgan fingerprint density at radius 1 is 1.32 bits per heavy atom. The van der Waals surface area contributed by atoms with Crippen molar-refractivity contribution in [2.24, 2.45) is 11.8 Å². The molecule has 0 bridgehead atoms. The van der Waals surface area contributed by atoms with Crippen LogP contribution in [0.25, 0.3) is 0 Å². The molecule has 1 aliphatic carbocycles. The van der Waals surface area contributed by atoms with Gasteiger partial charge in [-0.25, -0.2) is 0 Å². The fourth-order valence-electron chi connectivity index (χ4n) is 3.73. The van der Waals surface area contributed by atoms with Gasteiger partial charge in [0.15, 0.2) is 0 Å². The molecule has 5 heteroatoms. The summed E-state index contributed by atoms with van der Waals surface area (Å²) in [5.41, 5.74) is 0.855. The fourth-order valence-corrected chi connectivity index (χ4v) is 3.93. The van der Waals surface area contributed by atoms with Crippen molar-refractivity contribution in [1.29, 1.82) is 0 Å². The van der Waals surface area contributed by atoms with Crippen LogP contribution >= 0.6 is 11.6 Å². The molecule has 1 saturated carbocycles. The lowest BCUT2D eigenvalue weighted by Gasteiger charge is -2.34. The van der Waals surface area contributed by atoms with E-state index in [0.717, 1.165) is 37.5 Å². The number of nitrogens with zero attached hydrogens (tertiary/aromatic N) is 2. The van der Waals surface area contributed by atoms with E-state index < -0.39 is 0 Å². The highest BCUT2D eigenvalue weighted by atomic mass is 35.5. The summed E-state index contributed by atoms with van der Waals surface area (Å²) in [6.45, 7) is 8.45. The molecule has 138 valence electrons. The summed E-state index contributed by atoms with van der Waals surface area (Å²) in [5.74, 6) is 1.63. The van der Waals surface area contributed by atoms with E-state index in [1.807, 2.05) is 4.90 Å². The van der Waals surface area contributed by atoms with E-state index in [0.29, 0.717) is 23.4 Å². The summed E-state index contributed by atoms with van der Waals surface area (Å²) in [6.07, 6.45) is 4.11. The average molecular weight is 365 g/mol. The zero-order valence-electron chi connectivity index (χ0n) is 15.2.